The summed E-state index contributed by atoms with van der Waals surface area (Å²) in [6, 6.07) is 8.22. The lowest BCUT2D eigenvalue weighted by atomic mass is 10.0. The van der Waals surface area contributed by atoms with Gasteiger partial charge in [-0.1, -0.05) is 32.0 Å². The molecule has 2 N–H and O–H groups in total. The van der Waals surface area contributed by atoms with Gasteiger partial charge in [-0.25, -0.2) is 0 Å². The van der Waals surface area contributed by atoms with Crippen molar-refractivity contribution in [2.24, 2.45) is 10.9 Å². The molecule has 0 atom stereocenters. The molecule has 2 rings (SSSR count). The number of ether oxygens (including phenoxy) is 3. The van der Waals surface area contributed by atoms with Crippen molar-refractivity contribution in [3.05, 3.63) is 29.8 Å². The summed E-state index contributed by atoms with van der Waals surface area (Å²) in [6.07, 6.45) is 3.21. The quantitative estimate of drug-likeness (QED) is 0.345. The van der Waals surface area contributed by atoms with E-state index in [1.54, 1.807) is 7.05 Å². The second-order valence-electron chi connectivity index (χ2n) is 7.45. The van der Waals surface area contributed by atoms with Gasteiger partial charge in [0.05, 0.1) is 6.54 Å². The first-order chi connectivity index (χ1) is 13.7. The SMILES string of the molecule is CN=C(NCCCOCC1CCOCC1)NCCOc1ccccc1C(C)C. The predicted molar refractivity (Wildman–Crippen MR) is 114 cm³/mol. The first-order valence-corrected chi connectivity index (χ1v) is 10.5. The second-order valence-corrected chi connectivity index (χ2v) is 7.45. The Balaban J connectivity index is 1.53. The number of para-hydroxylation sites is 1. The number of aliphatic imine (C=N–C) groups is 1. The van der Waals surface area contributed by atoms with Crippen LogP contribution in [-0.2, 0) is 9.47 Å². The maximum atomic E-state index is 5.93. The molecule has 1 aromatic rings. The summed E-state index contributed by atoms with van der Waals surface area (Å²) in [5.74, 6) is 2.87. The number of hydrogen-bond donors (Lipinski definition) is 2. The monoisotopic (exact) mass is 391 g/mol. The molecule has 0 spiro atoms. The molecule has 1 aliphatic rings. The van der Waals surface area contributed by atoms with Gasteiger partial charge in [0, 0.05) is 40.0 Å². The van der Waals surface area contributed by atoms with Gasteiger partial charge < -0.3 is 24.8 Å². The van der Waals surface area contributed by atoms with Gasteiger partial charge in [-0.3, -0.25) is 4.99 Å². The molecule has 0 saturated carbocycles. The van der Waals surface area contributed by atoms with Crippen LogP contribution in [0.25, 0.3) is 0 Å². The number of nitrogens with one attached hydrogen (secondary N) is 2. The number of hydrogen-bond acceptors (Lipinski definition) is 4. The second kappa shape index (κ2) is 13.4. The van der Waals surface area contributed by atoms with Crippen LogP contribution < -0.4 is 15.4 Å². The number of guanidine groups is 1. The zero-order chi connectivity index (χ0) is 20.0. The summed E-state index contributed by atoms with van der Waals surface area (Å²) in [6.45, 7) is 9.88. The topological polar surface area (TPSA) is 64.1 Å². The maximum absolute atomic E-state index is 5.93. The van der Waals surface area contributed by atoms with E-state index in [9.17, 15) is 0 Å². The van der Waals surface area contributed by atoms with Gasteiger partial charge in [0.2, 0.25) is 0 Å². The van der Waals surface area contributed by atoms with Crippen molar-refractivity contribution in [1.29, 1.82) is 0 Å². The molecule has 0 radical (unpaired) electrons. The Hall–Kier alpha value is -1.79. The molecule has 158 valence electrons. The lowest BCUT2D eigenvalue weighted by Crippen LogP contribution is -2.40. The Morgan fingerprint density at radius 1 is 1.14 bits per heavy atom. The van der Waals surface area contributed by atoms with E-state index in [2.05, 4.69) is 41.6 Å². The standard InChI is InChI=1S/C22H37N3O3/c1-18(2)20-7-4-5-8-21(20)28-16-12-25-22(23-3)24-11-6-13-27-17-19-9-14-26-15-10-19/h4-5,7-8,18-19H,6,9-17H2,1-3H3,(H2,23,24,25). The molecule has 1 aromatic carbocycles. The molecule has 6 heteroatoms. The summed E-state index contributed by atoms with van der Waals surface area (Å²) in [5.41, 5.74) is 1.24. The van der Waals surface area contributed by atoms with E-state index in [0.717, 1.165) is 63.9 Å². The van der Waals surface area contributed by atoms with Gasteiger partial charge in [-0.2, -0.15) is 0 Å². The van der Waals surface area contributed by atoms with Crippen LogP contribution in [0, 0.1) is 5.92 Å². The summed E-state index contributed by atoms with van der Waals surface area (Å²) < 4.78 is 17.1. The molecule has 1 fully saturated rings. The lowest BCUT2D eigenvalue weighted by Gasteiger charge is -2.21. The van der Waals surface area contributed by atoms with Crippen molar-refractivity contribution < 1.29 is 14.2 Å². The Morgan fingerprint density at radius 2 is 1.89 bits per heavy atom. The third kappa shape index (κ3) is 8.48. The van der Waals surface area contributed by atoms with Crippen molar-refractivity contribution in [1.82, 2.24) is 10.6 Å². The fourth-order valence-corrected chi connectivity index (χ4v) is 3.18. The van der Waals surface area contributed by atoms with E-state index in [0.29, 0.717) is 25.0 Å². The highest BCUT2D eigenvalue weighted by molar-refractivity contribution is 5.79. The molecule has 0 aliphatic carbocycles. The van der Waals surface area contributed by atoms with Crippen LogP contribution in [0.4, 0.5) is 0 Å². The first kappa shape index (κ1) is 22.5. The Bertz CT molecular complexity index is 572. The minimum Gasteiger partial charge on any atom is -0.491 e. The third-order valence-electron chi connectivity index (χ3n) is 4.87. The van der Waals surface area contributed by atoms with E-state index in [-0.39, 0.29) is 0 Å². The summed E-state index contributed by atoms with van der Waals surface area (Å²) in [7, 11) is 1.78. The van der Waals surface area contributed by atoms with E-state index in [4.69, 9.17) is 14.2 Å². The normalized spacial score (nSPS) is 15.6. The molecule has 1 heterocycles. The van der Waals surface area contributed by atoms with Crippen LogP contribution in [0.1, 0.15) is 44.6 Å². The van der Waals surface area contributed by atoms with Crippen LogP contribution in [0.3, 0.4) is 0 Å². The van der Waals surface area contributed by atoms with Crippen molar-refractivity contribution in [2.45, 2.75) is 39.0 Å². The molecule has 0 bridgehead atoms. The molecule has 6 nitrogen and oxygen atoms in total. The van der Waals surface area contributed by atoms with E-state index in [1.165, 1.54) is 5.56 Å². The Labute approximate surface area is 170 Å². The largest absolute Gasteiger partial charge is 0.491 e. The third-order valence-corrected chi connectivity index (χ3v) is 4.87. The lowest BCUT2D eigenvalue weighted by molar-refractivity contribution is 0.0203. The first-order valence-electron chi connectivity index (χ1n) is 10.5. The van der Waals surface area contributed by atoms with Gasteiger partial charge in [0.25, 0.3) is 0 Å². The van der Waals surface area contributed by atoms with E-state index >= 15 is 0 Å². The van der Waals surface area contributed by atoms with Crippen molar-refractivity contribution >= 4 is 5.96 Å². The zero-order valence-electron chi connectivity index (χ0n) is 17.7. The minimum absolute atomic E-state index is 0.451. The molecule has 0 unspecified atom stereocenters. The molecule has 0 aromatic heterocycles. The highest BCUT2D eigenvalue weighted by atomic mass is 16.5. The van der Waals surface area contributed by atoms with Gasteiger partial charge in [0.1, 0.15) is 12.4 Å². The van der Waals surface area contributed by atoms with Gasteiger partial charge in [0.15, 0.2) is 5.96 Å². The summed E-state index contributed by atoms with van der Waals surface area (Å²) in [5, 5.41) is 6.61. The van der Waals surface area contributed by atoms with Crippen molar-refractivity contribution in [2.75, 3.05) is 53.2 Å². The smallest absolute Gasteiger partial charge is 0.191 e. The fraction of sp³-hybridized carbons (Fsp3) is 0.682. The van der Waals surface area contributed by atoms with Crippen LogP contribution in [0.15, 0.2) is 29.3 Å². The van der Waals surface area contributed by atoms with Crippen LogP contribution >= 0.6 is 0 Å². The van der Waals surface area contributed by atoms with Gasteiger partial charge >= 0.3 is 0 Å². The fourth-order valence-electron chi connectivity index (χ4n) is 3.18. The van der Waals surface area contributed by atoms with E-state index < -0.39 is 0 Å². The average Bonchev–Trinajstić information content (AvgIpc) is 2.73. The number of benzene rings is 1. The number of rotatable bonds is 11. The molecule has 1 aliphatic heterocycles. The Morgan fingerprint density at radius 3 is 2.64 bits per heavy atom. The van der Waals surface area contributed by atoms with Crippen molar-refractivity contribution in [3.63, 3.8) is 0 Å². The van der Waals surface area contributed by atoms with Crippen LogP contribution in [0.5, 0.6) is 5.75 Å². The molecule has 28 heavy (non-hydrogen) atoms. The summed E-state index contributed by atoms with van der Waals surface area (Å²) in [4.78, 5) is 4.25. The predicted octanol–water partition coefficient (Wildman–Crippen LogP) is 3.19. The highest BCUT2D eigenvalue weighted by Gasteiger charge is 2.13. The highest BCUT2D eigenvalue weighted by Crippen LogP contribution is 2.25. The van der Waals surface area contributed by atoms with Crippen molar-refractivity contribution in [3.8, 4) is 5.75 Å². The zero-order valence-corrected chi connectivity index (χ0v) is 17.7. The average molecular weight is 392 g/mol. The van der Waals surface area contributed by atoms with Crippen LogP contribution in [-0.4, -0.2) is 59.1 Å². The molecular formula is C22H37N3O3. The minimum atomic E-state index is 0.451. The Kier molecular flexibility index (Phi) is 10.8. The van der Waals surface area contributed by atoms with Gasteiger partial charge in [-0.05, 0) is 42.7 Å². The van der Waals surface area contributed by atoms with E-state index in [1.807, 2.05) is 12.1 Å². The number of nitrogens with zero attached hydrogens (tertiary/aromatic N) is 1. The van der Waals surface area contributed by atoms with Crippen LogP contribution in [0.2, 0.25) is 0 Å². The summed E-state index contributed by atoms with van der Waals surface area (Å²) >= 11 is 0. The molecule has 0 amide bonds. The molecular weight excluding hydrogens is 354 g/mol. The molecule has 1 saturated heterocycles. The maximum Gasteiger partial charge on any atom is 0.191 e. The van der Waals surface area contributed by atoms with Gasteiger partial charge in [-0.15, -0.1) is 0 Å².